The summed E-state index contributed by atoms with van der Waals surface area (Å²) in [5, 5.41) is 9.10. The molecule has 0 atom stereocenters. The van der Waals surface area contributed by atoms with Crippen LogP contribution in [-0.2, 0) is 16.6 Å². The molecule has 0 aliphatic carbocycles. The van der Waals surface area contributed by atoms with Gasteiger partial charge in [-0.05, 0) is 59.6 Å². The van der Waals surface area contributed by atoms with Crippen molar-refractivity contribution >= 4 is 26.0 Å². The van der Waals surface area contributed by atoms with E-state index in [1.165, 1.54) is 18.9 Å². The summed E-state index contributed by atoms with van der Waals surface area (Å²) in [6.07, 6.45) is 2.38. The molecule has 1 heterocycles. The van der Waals surface area contributed by atoms with Crippen molar-refractivity contribution in [2.24, 2.45) is 0 Å². The van der Waals surface area contributed by atoms with Crippen LogP contribution in [0.1, 0.15) is 18.4 Å². The second kappa shape index (κ2) is 7.00. The summed E-state index contributed by atoms with van der Waals surface area (Å²) in [5.74, 6) is 0. The topological polar surface area (TPSA) is 69.6 Å². The molecular formula is C13H19BrN2O3S. The van der Waals surface area contributed by atoms with Gasteiger partial charge in [0.2, 0.25) is 10.0 Å². The Morgan fingerprint density at radius 2 is 2.00 bits per heavy atom. The predicted molar refractivity (Wildman–Crippen MR) is 80.9 cm³/mol. The van der Waals surface area contributed by atoms with Crippen LogP contribution in [0.3, 0.4) is 0 Å². The fraction of sp³-hybridized carbons (Fsp3) is 0.538. The summed E-state index contributed by atoms with van der Waals surface area (Å²) in [5.41, 5.74) is 0.577. The lowest BCUT2D eigenvalue weighted by molar-refractivity contribution is 0.281. The summed E-state index contributed by atoms with van der Waals surface area (Å²) in [6.45, 7) is 3.05. The lowest BCUT2D eigenvalue weighted by atomic mass is 10.2. The van der Waals surface area contributed by atoms with E-state index >= 15 is 0 Å². The molecule has 2 N–H and O–H groups in total. The van der Waals surface area contributed by atoms with E-state index in [1.807, 2.05) is 0 Å². The zero-order valence-corrected chi connectivity index (χ0v) is 13.6. The second-order valence-electron chi connectivity index (χ2n) is 4.87. The van der Waals surface area contributed by atoms with Gasteiger partial charge in [0, 0.05) is 17.6 Å². The minimum Gasteiger partial charge on any atom is -0.392 e. The number of benzene rings is 1. The Kier molecular flexibility index (Phi) is 5.57. The fourth-order valence-corrected chi connectivity index (χ4v) is 4.31. The number of hydrogen-bond acceptors (Lipinski definition) is 4. The van der Waals surface area contributed by atoms with Crippen LogP contribution in [0.5, 0.6) is 0 Å². The minimum atomic E-state index is -3.55. The highest BCUT2D eigenvalue weighted by atomic mass is 79.9. The molecule has 7 heteroatoms. The summed E-state index contributed by atoms with van der Waals surface area (Å²) in [7, 11) is -3.55. The largest absolute Gasteiger partial charge is 0.392 e. The predicted octanol–water partition coefficient (Wildman–Crippen LogP) is 1.32. The van der Waals surface area contributed by atoms with Crippen LogP contribution in [-0.4, -0.2) is 44.6 Å². The molecule has 0 radical (unpaired) electrons. The van der Waals surface area contributed by atoms with Gasteiger partial charge in [0.05, 0.1) is 11.5 Å². The maximum Gasteiger partial charge on any atom is 0.241 e. The van der Waals surface area contributed by atoms with Crippen LogP contribution in [0.25, 0.3) is 0 Å². The third kappa shape index (κ3) is 4.02. The van der Waals surface area contributed by atoms with Crippen molar-refractivity contribution in [1.82, 2.24) is 9.62 Å². The standard InChI is InChI=1S/C13H19BrN2O3S/c14-12-4-3-11(10-17)9-13(12)20(18,19)15-5-8-16-6-1-2-7-16/h3-4,9,15,17H,1-2,5-8,10H2. The molecule has 20 heavy (non-hydrogen) atoms. The average Bonchev–Trinajstić information content (AvgIpc) is 2.92. The molecule has 0 bridgehead atoms. The van der Waals surface area contributed by atoms with Gasteiger partial charge in [-0.2, -0.15) is 0 Å². The van der Waals surface area contributed by atoms with Gasteiger partial charge >= 0.3 is 0 Å². The number of nitrogens with one attached hydrogen (secondary N) is 1. The first-order valence-corrected chi connectivity index (χ1v) is 8.92. The van der Waals surface area contributed by atoms with Crippen molar-refractivity contribution in [2.75, 3.05) is 26.2 Å². The van der Waals surface area contributed by atoms with E-state index in [4.69, 9.17) is 5.11 Å². The summed E-state index contributed by atoms with van der Waals surface area (Å²) < 4.78 is 27.6. The molecule has 1 aliphatic rings. The van der Waals surface area contributed by atoms with Crippen molar-refractivity contribution in [3.05, 3.63) is 28.2 Å². The van der Waals surface area contributed by atoms with Crippen molar-refractivity contribution in [2.45, 2.75) is 24.3 Å². The Morgan fingerprint density at radius 3 is 2.65 bits per heavy atom. The van der Waals surface area contributed by atoms with Gasteiger partial charge in [-0.1, -0.05) is 6.07 Å². The number of aliphatic hydroxyl groups is 1. The third-order valence-corrected chi connectivity index (χ3v) is 5.84. The number of aliphatic hydroxyl groups excluding tert-OH is 1. The molecule has 0 saturated carbocycles. The zero-order valence-electron chi connectivity index (χ0n) is 11.2. The average molecular weight is 363 g/mol. The number of hydrogen-bond donors (Lipinski definition) is 2. The van der Waals surface area contributed by atoms with Crippen LogP contribution < -0.4 is 4.72 Å². The maximum absolute atomic E-state index is 12.3. The van der Waals surface area contributed by atoms with Gasteiger partial charge < -0.3 is 10.0 Å². The van der Waals surface area contributed by atoms with Crippen LogP contribution >= 0.6 is 15.9 Å². The van der Waals surface area contributed by atoms with E-state index in [2.05, 4.69) is 25.6 Å². The lowest BCUT2D eigenvalue weighted by Crippen LogP contribution is -2.33. The van der Waals surface area contributed by atoms with Gasteiger partial charge in [-0.3, -0.25) is 0 Å². The molecular weight excluding hydrogens is 344 g/mol. The monoisotopic (exact) mass is 362 g/mol. The van der Waals surface area contributed by atoms with Gasteiger partial charge in [-0.15, -0.1) is 0 Å². The number of rotatable bonds is 6. The SMILES string of the molecule is O=S(=O)(NCCN1CCCC1)c1cc(CO)ccc1Br. The Labute approximate surface area is 128 Å². The second-order valence-corrected chi connectivity index (χ2v) is 7.46. The van der Waals surface area contributed by atoms with Crippen LogP contribution in [0.2, 0.25) is 0 Å². The van der Waals surface area contributed by atoms with Crippen molar-refractivity contribution < 1.29 is 13.5 Å². The Morgan fingerprint density at radius 1 is 1.30 bits per heavy atom. The molecule has 2 rings (SSSR count). The van der Waals surface area contributed by atoms with Crippen LogP contribution in [0, 0.1) is 0 Å². The van der Waals surface area contributed by atoms with Gasteiger partial charge in [0.25, 0.3) is 0 Å². The highest BCUT2D eigenvalue weighted by molar-refractivity contribution is 9.10. The highest BCUT2D eigenvalue weighted by Crippen LogP contribution is 2.23. The zero-order chi connectivity index (χ0) is 14.6. The first kappa shape index (κ1) is 15.9. The fourth-order valence-electron chi connectivity index (χ4n) is 2.27. The molecule has 0 spiro atoms. The van der Waals surface area contributed by atoms with E-state index in [-0.39, 0.29) is 11.5 Å². The summed E-state index contributed by atoms with van der Waals surface area (Å²) >= 11 is 3.24. The molecule has 0 aromatic heterocycles. The van der Waals surface area contributed by atoms with Crippen molar-refractivity contribution in [3.63, 3.8) is 0 Å². The Hall–Kier alpha value is -0.470. The smallest absolute Gasteiger partial charge is 0.241 e. The lowest BCUT2D eigenvalue weighted by Gasteiger charge is -2.15. The molecule has 1 fully saturated rings. The van der Waals surface area contributed by atoms with Crippen molar-refractivity contribution in [3.8, 4) is 0 Å². The Bertz CT molecular complexity index is 557. The van der Waals surface area contributed by atoms with Gasteiger partial charge in [-0.25, -0.2) is 13.1 Å². The van der Waals surface area contributed by atoms with Gasteiger partial charge in [0.1, 0.15) is 0 Å². The molecule has 0 amide bonds. The number of halogens is 1. The molecule has 0 unspecified atom stereocenters. The molecule has 1 aliphatic heterocycles. The summed E-state index contributed by atoms with van der Waals surface area (Å²) in [6, 6.07) is 4.82. The minimum absolute atomic E-state index is 0.172. The highest BCUT2D eigenvalue weighted by Gasteiger charge is 2.19. The summed E-state index contributed by atoms with van der Waals surface area (Å²) in [4.78, 5) is 2.42. The first-order valence-electron chi connectivity index (χ1n) is 6.64. The Balaban J connectivity index is 2.01. The van der Waals surface area contributed by atoms with Crippen LogP contribution in [0.15, 0.2) is 27.6 Å². The molecule has 112 valence electrons. The van der Waals surface area contributed by atoms with E-state index in [0.29, 0.717) is 16.6 Å². The van der Waals surface area contributed by atoms with E-state index < -0.39 is 10.0 Å². The van der Waals surface area contributed by atoms with Crippen molar-refractivity contribution in [1.29, 1.82) is 0 Å². The number of sulfonamides is 1. The molecule has 1 aromatic rings. The molecule has 1 aromatic carbocycles. The van der Waals surface area contributed by atoms with E-state index in [0.717, 1.165) is 19.6 Å². The van der Waals surface area contributed by atoms with E-state index in [1.54, 1.807) is 12.1 Å². The quantitative estimate of drug-likeness (QED) is 0.800. The van der Waals surface area contributed by atoms with E-state index in [9.17, 15) is 8.42 Å². The van der Waals surface area contributed by atoms with Crippen LogP contribution in [0.4, 0.5) is 0 Å². The molecule has 5 nitrogen and oxygen atoms in total. The molecule has 1 saturated heterocycles. The normalized spacial score (nSPS) is 16.7. The first-order chi connectivity index (χ1) is 9.53. The third-order valence-electron chi connectivity index (χ3n) is 3.39. The number of likely N-dealkylation sites (tertiary alicyclic amines) is 1. The number of nitrogens with zero attached hydrogens (tertiary/aromatic N) is 1. The maximum atomic E-state index is 12.3. The van der Waals surface area contributed by atoms with Gasteiger partial charge in [0.15, 0.2) is 0 Å².